The van der Waals surface area contributed by atoms with Gasteiger partial charge in [-0.05, 0) is 61.7 Å². The minimum Gasteiger partial charge on any atom is -0.489 e. The highest BCUT2D eigenvalue weighted by Crippen LogP contribution is 2.31. The van der Waals surface area contributed by atoms with Crippen LogP contribution in [0.3, 0.4) is 0 Å². The number of rotatable bonds is 6. The number of aromatic nitrogens is 5. The number of ether oxygens (including phenoxy) is 1. The number of piperidine rings is 1. The van der Waals surface area contributed by atoms with Gasteiger partial charge in [0.25, 0.3) is 5.56 Å². The fourth-order valence-corrected chi connectivity index (χ4v) is 5.97. The second-order valence-electron chi connectivity index (χ2n) is 10.9. The molecule has 4 heterocycles. The second-order valence-corrected chi connectivity index (χ2v) is 10.9. The Kier molecular flexibility index (Phi) is 6.75. The van der Waals surface area contributed by atoms with Gasteiger partial charge in [-0.1, -0.05) is 24.3 Å². The van der Waals surface area contributed by atoms with Crippen LogP contribution in [-0.2, 0) is 13.5 Å². The van der Waals surface area contributed by atoms with Crippen LogP contribution in [0.1, 0.15) is 41.2 Å². The van der Waals surface area contributed by atoms with E-state index in [9.17, 15) is 9.59 Å². The molecule has 3 aromatic heterocycles. The third kappa shape index (κ3) is 4.94. The first kappa shape index (κ1) is 26.1. The number of fused-ring (bicyclic) bond motifs is 2. The lowest BCUT2D eigenvalue weighted by Crippen LogP contribution is -2.37. The summed E-state index contributed by atoms with van der Waals surface area (Å²) in [5, 5.41) is 7.32. The number of carbonyl (C=O) groups excluding carboxylic acids is 1. The van der Waals surface area contributed by atoms with Gasteiger partial charge >= 0.3 is 0 Å². The molecule has 1 saturated heterocycles. The first-order valence-electron chi connectivity index (χ1n) is 14.3. The number of ketones is 1. The molecule has 0 saturated carbocycles. The van der Waals surface area contributed by atoms with E-state index in [1.807, 2.05) is 60.1 Å². The molecule has 2 unspecified atom stereocenters. The molecule has 5 aromatic rings. The van der Waals surface area contributed by atoms with Crippen molar-refractivity contribution in [2.75, 3.05) is 18.4 Å². The number of pyridine rings is 1. The SMILES string of the molecule is Cn1ccnc1-c1cc2cnc(Nc3ccc(OC4CCCNC4)cc3)nc2n(C2CC(=O)c3ccccc3C2)c1=O. The maximum atomic E-state index is 14.1. The van der Waals surface area contributed by atoms with E-state index < -0.39 is 6.04 Å². The van der Waals surface area contributed by atoms with Gasteiger partial charge in [0.2, 0.25) is 5.95 Å². The van der Waals surface area contributed by atoms with Crippen molar-refractivity contribution in [2.45, 2.75) is 37.8 Å². The lowest BCUT2D eigenvalue weighted by Gasteiger charge is -2.27. The summed E-state index contributed by atoms with van der Waals surface area (Å²) in [5.41, 5.74) is 3.11. The Morgan fingerprint density at radius 2 is 1.88 bits per heavy atom. The topological polar surface area (TPSA) is 116 Å². The van der Waals surface area contributed by atoms with Crippen molar-refractivity contribution in [1.29, 1.82) is 0 Å². The minimum absolute atomic E-state index is 0.0167. The lowest BCUT2D eigenvalue weighted by atomic mass is 9.87. The fourth-order valence-electron chi connectivity index (χ4n) is 5.97. The average molecular weight is 562 g/mol. The van der Waals surface area contributed by atoms with Gasteiger partial charge < -0.3 is 19.9 Å². The molecule has 42 heavy (non-hydrogen) atoms. The molecule has 0 radical (unpaired) electrons. The van der Waals surface area contributed by atoms with Crippen LogP contribution >= 0.6 is 0 Å². The van der Waals surface area contributed by atoms with Gasteiger partial charge in [0.15, 0.2) is 5.78 Å². The molecule has 1 fully saturated rings. The van der Waals surface area contributed by atoms with Gasteiger partial charge in [-0.3, -0.25) is 14.2 Å². The number of hydrogen-bond acceptors (Lipinski definition) is 8. The Balaban J connectivity index is 1.25. The third-order valence-corrected chi connectivity index (χ3v) is 8.06. The van der Waals surface area contributed by atoms with E-state index in [2.05, 4.69) is 20.6 Å². The molecule has 0 spiro atoms. The summed E-state index contributed by atoms with van der Waals surface area (Å²) in [7, 11) is 1.85. The van der Waals surface area contributed by atoms with Crippen molar-refractivity contribution in [1.82, 2.24) is 29.4 Å². The van der Waals surface area contributed by atoms with Crippen LogP contribution in [0.4, 0.5) is 11.6 Å². The first-order chi connectivity index (χ1) is 20.5. The summed E-state index contributed by atoms with van der Waals surface area (Å²) in [6.45, 7) is 1.89. The Morgan fingerprint density at radius 3 is 2.67 bits per heavy atom. The molecule has 10 nitrogen and oxygen atoms in total. The quantitative estimate of drug-likeness (QED) is 0.313. The van der Waals surface area contributed by atoms with E-state index in [0.717, 1.165) is 48.5 Å². The monoisotopic (exact) mass is 561 g/mol. The third-order valence-electron chi connectivity index (χ3n) is 8.06. The highest BCUT2D eigenvalue weighted by molar-refractivity contribution is 5.99. The Labute approximate surface area is 242 Å². The fraction of sp³-hybridized carbons (Fsp3) is 0.281. The van der Waals surface area contributed by atoms with Gasteiger partial charge in [0.05, 0.1) is 11.6 Å². The van der Waals surface area contributed by atoms with Crippen molar-refractivity contribution < 1.29 is 9.53 Å². The van der Waals surface area contributed by atoms with Crippen molar-refractivity contribution >= 4 is 28.5 Å². The zero-order chi connectivity index (χ0) is 28.6. The summed E-state index contributed by atoms with van der Waals surface area (Å²) in [4.78, 5) is 41.1. The van der Waals surface area contributed by atoms with Crippen molar-refractivity contribution in [3.8, 4) is 17.1 Å². The number of anilines is 2. The molecule has 1 aliphatic heterocycles. The molecule has 1 aliphatic carbocycles. The van der Waals surface area contributed by atoms with Gasteiger partial charge in [0, 0.05) is 55.2 Å². The smallest absolute Gasteiger partial charge is 0.263 e. The molecule has 2 aromatic carbocycles. The zero-order valence-electron chi connectivity index (χ0n) is 23.3. The molecule has 0 amide bonds. The highest BCUT2D eigenvalue weighted by atomic mass is 16.5. The molecule has 10 heteroatoms. The van der Waals surface area contributed by atoms with Crippen LogP contribution in [0.15, 0.2) is 78.0 Å². The summed E-state index contributed by atoms with van der Waals surface area (Å²) in [6.07, 6.45) is 8.25. The predicted octanol–water partition coefficient (Wildman–Crippen LogP) is 4.44. The second kappa shape index (κ2) is 10.9. The molecular weight excluding hydrogens is 530 g/mol. The number of Topliss-reactive ketones (excluding diaryl/α,β-unsaturated/α-hetero) is 1. The largest absolute Gasteiger partial charge is 0.489 e. The molecule has 0 bridgehead atoms. The first-order valence-corrected chi connectivity index (χ1v) is 14.3. The number of carbonyl (C=O) groups is 1. The van der Waals surface area contributed by atoms with Crippen LogP contribution in [0.25, 0.3) is 22.4 Å². The average Bonchev–Trinajstić information content (AvgIpc) is 3.44. The van der Waals surface area contributed by atoms with E-state index in [-0.39, 0.29) is 23.9 Å². The van der Waals surface area contributed by atoms with E-state index in [0.29, 0.717) is 34.8 Å². The number of nitrogens with zero attached hydrogens (tertiary/aromatic N) is 5. The molecular formula is C32H31N7O3. The number of benzene rings is 2. The van der Waals surface area contributed by atoms with E-state index in [1.165, 1.54) is 0 Å². The molecule has 7 rings (SSSR count). The lowest BCUT2D eigenvalue weighted by molar-refractivity contribution is 0.0951. The standard InChI is InChI=1S/C32H31N7O3/c1-38-14-13-34-30(38)27-16-21-18-35-32(36-22-8-10-24(11-9-22)42-25-6-4-12-33-19-25)37-29(21)39(31(27)41)23-15-20-5-2-3-7-26(20)28(40)17-23/h2-3,5,7-11,13-14,16,18,23,25,33H,4,6,12,15,17,19H2,1H3,(H,35,36,37). The minimum atomic E-state index is -0.393. The Morgan fingerprint density at radius 1 is 1.02 bits per heavy atom. The Hall–Kier alpha value is -4.83. The molecule has 2 aliphatic rings. The van der Waals surface area contributed by atoms with E-state index >= 15 is 0 Å². The van der Waals surface area contributed by atoms with Crippen molar-refractivity contribution in [3.05, 3.63) is 94.7 Å². The summed E-state index contributed by atoms with van der Waals surface area (Å²) >= 11 is 0. The van der Waals surface area contributed by atoms with Crippen molar-refractivity contribution in [3.63, 3.8) is 0 Å². The summed E-state index contributed by atoms with van der Waals surface area (Å²) in [6, 6.07) is 16.7. The van der Waals surface area contributed by atoms with E-state index in [4.69, 9.17) is 9.72 Å². The van der Waals surface area contributed by atoms with E-state index in [1.54, 1.807) is 29.2 Å². The number of nitrogens with one attached hydrogen (secondary N) is 2. The normalized spacial score (nSPS) is 18.5. The van der Waals surface area contributed by atoms with Crippen molar-refractivity contribution in [2.24, 2.45) is 7.05 Å². The predicted molar refractivity (Wildman–Crippen MR) is 160 cm³/mol. The Bertz CT molecular complexity index is 1840. The van der Waals surface area contributed by atoms with Gasteiger partial charge in [0.1, 0.15) is 23.3 Å². The molecule has 2 atom stereocenters. The number of aryl methyl sites for hydroxylation is 1. The van der Waals surface area contributed by atoms with Crippen LogP contribution < -0.4 is 20.9 Å². The maximum Gasteiger partial charge on any atom is 0.263 e. The van der Waals surface area contributed by atoms with Gasteiger partial charge in [-0.2, -0.15) is 4.98 Å². The molecule has 2 N–H and O–H groups in total. The summed E-state index contributed by atoms with van der Waals surface area (Å²) < 4.78 is 9.57. The van der Waals surface area contributed by atoms with Gasteiger partial charge in [-0.15, -0.1) is 0 Å². The maximum absolute atomic E-state index is 14.1. The zero-order valence-corrected chi connectivity index (χ0v) is 23.3. The number of hydrogen-bond donors (Lipinski definition) is 2. The highest BCUT2D eigenvalue weighted by Gasteiger charge is 2.29. The molecule has 212 valence electrons. The number of imidazole rings is 1. The van der Waals surface area contributed by atoms with Crippen LogP contribution in [0, 0.1) is 0 Å². The van der Waals surface area contributed by atoms with Gasteiger partial charge in [-0.25, -0.2) is 9.97 Å². The van der Waals surface area contributed by atoms with Crippen LogP contribution in [-0.4, -0.2) is 49.1 Å². The summed E-state index contributed by atoms with van der Waals surface area (Å²) in [5.74, 6) is 1.73. The van der Waals surface area contributed by atoms with Crippen LogP contribution in [0.5, 0.6) is 5.75 Å². The van der Waals surface area contributed by atoms with Crippen LogP contribution in [0.2, 0.25) is 0 Å².